The minimum atomic E-state index is -0.409. The predicted octanol–water partition coefficient (Wildman–Crippen LogP) is 30.8. The second-order valence-electron chi connectivity index (χ2n) is 27.9. The van der Waals surface area contributed by atoms with Crippen LogP contribution in [0.1, 0.15) is 13.7 Å². The van der Waals surface area contributed by atoms with Crippen LogP contribution >= 0.6 is 0 Å². The Labute approximate surface area is 651 Å². The normalized spacial score (nSPS) is 12.9. The first-order valence-corrected chi connectivity index (χ1v) is 37.0. The third-order valence-corrected chi connectivity index (χ3v) is 22.0. The Balaban J connectivity index is 0.000000151. The van der Waals surface area contributed by atoms with E-state index in [2.05, 4.69) is 231 Å². The van der Waals surface area contributed by atoms with Crippen molar-refractivity contribution in [3.8, 4) is 111 Å². The van der Waals surface area contributed by atoms with Crippen LogP contribution in [-0.4, -0.2) is 0 Å². The highest BCUT2D eigenvalue weighted by atomic mass is 16.3. The van der Waals surface area contributed by atoms with Gasteiger partial charge in [-0.25, -0.2) is 0 Å². The van der Waals surface area contributed by atoms with Gasteiger partial charge in [0.2, 0.25) is 0 Å². The first-order valence-electron chi connectivity index (χ1n) is 42.0. The molecule has 22 aromatic rings. The summed E-state index contributed by atoms with van der Waals surface area (Å²) in [6.45, 7) is 0. The molecule has 22 rings (SSSR count). The summed E-state index contributed by atoms with van der Waals surface area (Å²) >= 11 is 0. The van der Waals surface area contributed by atoms with E-state index < -0.39 is 12.1 Å². The lowest BCUT2D eigenvalue weighted by molar-refractivity contribution is 0.669. The molecule has 0 amide bonds. The number of furan rings is 2. The zero-order chi connectivity index (χ0) is 81.3. The lowest BCUT2D eigenvalue weighted by Gasteiger charge is -2.21. The van der Waals surface area contributed by atoms with Crippen LogP contribution in [0, 0.1) is 0 Å². The number of hydrogen-bond acceptors (Lipinski definition) is 2. The summed E-state index contributed by atoms with van der Waals surface area (Å²) in [6.07, 6.45) is 0. The van der Waals surface area contributed by atoms with Crippen molar-refractivity contribution in [3.05, 3.63) is 412 Å². The molecule has 0 atom stereocenters. The van der Waals surface area contributed by atoms with Gasteiger partial charge in [0.15, 0.2) is 0 Å². The SMILES string of the molecule is [2H]c1c([2H])c([2H])c(-c2c3ccccc3c(-c3ccc(-c4c(-c5cc(-c6ccccc6)ccc5-c5ccccc5)ccc5oc6ccccc6c45)c4ccccc34)c3ccccc23)c([2H])c1[2H].[2H]c1c([2H])c([2H])c(-c2c3ccccc3c(-c3ccc(-c4ccc(-c5ccccc5)c5oc6ccccc6c45)c4ccccc34)c3ccccc23)c([2H])c1[2H]. The van der Waals surface area contributed by atoms with Gasteiger partial charge < -0.3 is 8.83 Å². The predicted molar refractivity (Wildman–Crippen MR) is 467 cm³/mol. The lowest BCUT2D eigenvalue weighted by atomic mass is 9.81. The Bertz CT molecular complexity index is 7860. The molecule has 0 aliphatic carbocycles. The number of hydrogen-bond donors (Lipinski definition) is 0. The highest BCUT2D eigenvalue weighted by Crippen LogP contribution is 2.53. The van der Waals surface area contributed by atoms with Crippen molar-refractivity contribution in [1.82, 2.24) is 0 Å². The molecule has 2 heterocycles. The van der Waals surface area contributed by atoms with Crippen molar-refractivity contribution in [3.63, 3.8) is 0 Å². The molecule has 110 heavy (non-hydrogen) atoms. The zero-order valence-corrected chi connectivity index (χ0v) is 59.3. The molecule has 0 aliphatic heterocycles. The molecular formula is C108H68O2. The standard InChI is InChI=1S/C60H38O.C48H30O/c1-4-18-39(19-5-1)42-32-33-43(40-20-6-2-7-21-40)54(38-42)52-36-37-56-60(53-30-16-17-31-55(53)61-56)59(52)51-35-34-50(44-24-10-11-25-45(44)51)58-48-28-14-12-26-46(48)57(41-22-8-3-9-23-41)47-27-13-15-29-49(47)58;1-3-15-31(16-4-1)33-27-29-42(47-43-25-13-14-26-44(43)49-48(33)47)36-28-30-41(35-20-8-7-19-34(35)36)46-39-23-11-9-21-37(39)45(32-17-5-2-6-18-32)38-22-10-12-24-40(38)46/h1-38H;1-30H/i3D,8D,9D,22D,23D;2D,5D,6D,17D,18D. The fourth-order valence-corrected chi connectivity index (χ4v) is 17.3. The minimum Gasteiger partial charge on any atom is -0.456 e. The fourth-order valence-electron chi connectivity index (χ4n) is 17.3. The highest BCUT2D eigenvalue weighted by Gasteiger charge is 2.27. The summed E-state index contributed by atoms with van der Waals surface area (Å²) in [5, 5.41) is 15.5. The Morgan fingerprint density at radius 1 is 0.164 bits per heavy atom. The summed E-state index contributed by atoms with van der Waals surface area (Å²) in [5.41, 5.74) is 22.3. The Hall–Kier alpha value is -14.4. The van der Waals surface area contributed by atoms with E-state index in [9.17, 15) is 0 Å². The van der Waals surface area contributed by atoms with Crippen LogP contribution < -0.4 is 0 Å². The van der Waals surface area contributed by atoms with Crippen molar-refractivity contribution in [1.29, 1.82) is 0 Å². The van der Waals surface area contributed by atoms with E-state index in [1.54, 1.807) is 0 Å². The molecule has 0 spiro atoms. The average Bonchev–Trinajstić information content (AvgIpc) is 1.37. The van der Waals surface area contributed by atoms with Gasteiger partial charge in [0.05, 0.1) is 13.7 Å². The first kappa shape index (κ1) is 54.2. The molecule has 0 aliphatic rings. The number of para-hydroxylation sites is 2. The summed E-state index contributed by atoms with van der Waals surface area (Å²) in [5.74, 6) is 0. The van der Waals surface area contributed by atoms with E-state index in [0.717, 1.165) is 198 Å². The lowest BCUT2D eigenvalue weighted by Crippen LogP contribution is -1.94. The van der Waals surface area contributed by atoms with Gasteiger partial charge in [-0.3, -0.25) is 0 Å². The molecule has 0 radical (unpaired) electrons. The van der Waals surface area contributed by atoms with Gasteiger partial charge in [0.25, 0.3) is 0 Å². The van der Waals surface area contributed by atoms with E-state index in [-0.39, 0.29) is 59.5 Å². The smallest absolute Gasteiger partial charge is 0.143 e. The van der Waals surface area contributed by atoms with Gasteiger partial charge in [0.1, 0.15) is 22.3 Å². The number of fused-ring (bicyclic) bond motifs is 12. The van der Waals surface area contributed by atoms with Crippen molar-refractivity contribution in [2.75, 3.05) is 0 Å². The van der Waals surface area contributed by atoms with Gasteiger partial charge in [-0.2, -0.15) is 0 Å². The Morgan fingerprint density at radius 2 is 0.491 bits per heavy atom. The molecule has 0 saturated carbocycles. The third-order valence-electron chi connectivity index (χ3n) is 22.0. The van der Waals surface area contributed by atoms with Crippen LogP contribution in [0.5, 0.6) is 0 Å². The van der Waals surface area contributed by atoms with Crippen LogP contribution in [0.25, 0.3) is 220 Å². The van der Waals surface area contributed by atoms with E-state index in [1.165, 1.54) is 0 Å². The monoisotopic (exact) mass is 1410 g/mol. The molecule has 0 unspecified atom stereocenters. The van der Waals surface area contributed by atoms with E-state index in [1.807, 2.05) is 121 Å². The van der Waals surface area contributed by atoms with Gasteiger partial charge in [-0.05, 0) is 201 Å². The molecule has 0 saturated heterocycles. The minimum absolute atomic E-state index is 0.194. The van der Waals surface area contributed by atoms with Gasteiger partial charge in [-0.15, -0.1) is 0 Å². The number of rotatable bonds is 10. The largest absolute Gasteiger partial charge is 0.456 e. The molecule has 0 bridgehead atoms. The van der Waals surface area contributed by atoms with Crippen LogP contribution in [0.2, 0.25) is 0 Å². The van der Waals surface area contributed by atoms with E-state index >= 15 is 0 Å². The van der Waals surface area contributed by atoms with E-state index in [4.69, 9.17) is 22.5 Å². The van der Waals surface area contributed by atoms with Crippen LogP contribution in [0.15, 0.2) is 421 Å². The van der Waals surface area contributed by atoms with Gasteiger partial charge in [-0.1, -0.05) is 376 Å². The van der Waals surface area contributed by atoms with Crippen molar-refractivity contribution in [2.24, 2.45) is 0 Å². The maximum atomic E-state index is 9.07. The summed E-state index contributed by atoms with van der Waals surface area (Å²) in [6, 6.07) is 119. The first-order chi connectivity index (χ1) is 58.8. The molecule has 512 valence electrons. The molecule has 2 aromatic heterocycles. The molecule has 0 N–H and O–H groups in total. The highest BCUT2D eigenvalue weighted by molar-refractivity contribution is 6.28. The van der Waals surface area contributed by atoms with Crippen molar-refractivity contribution in [2.45, 2.75) is 0 Å². The molecule has 2 nitrogen and oxygen atoms in total. The Morgan fingerprint density at radius 3 is 0.964 bits per heavy atom. The van der Waals surface area contributed by atoms with Crippen LogP contribution in [0.3, 0.4) is 0 Å². The fraction of sp³-hybridized carbons (Fsp3) is 0. The topological polar surface area (TPSA) is 26.3 Å². The molecule has 2 heteroatoms. The molecule has 20 aromatic carbocycles. The summed E-state index contributed by atoms with van der Waals surface area (Å²) in [7, 11) is 0. The average molecular weight is 1410 g/mol. The molecule has 0 fully saturated rings. The summed E-state index contributed by atoms with van der Waals surface area (Å²) in [4.78, 5) is 0. The maximum Gasteiger partial charge on any atom is 0.143 e. The van der Waals surface area contributed by atoms with Crippen LogP contribution in [0.4, 0.5) is 0 Å². The quantitative estimate of drug-likeness (QED) is 0.128. The maximum absolute atomic E-state index is 9.07. The van der Waals surface area contributed by atoms with Crippen molar-refractivity contribution >= 4 is 109 Å². The molecular weight excluding hydrogens is 1330 g/mol. The third kappa shape index (κ3) is 10.6. The van der Waals surface area contributed by atoms with Crippen LogP contribution in [-0.2, 0) is 0 Å². The van der Waals surface area contributed by atoms with Gasteiger partial charge in [0, 0.05) is 32.7 Å². The second kappa shape index (κ2) is 26.9. The Kier molecular flexibility index (Phi) is 13.2. The van der Waals surface area contributed by atoms with Gasteiger partial charge >= 0.3 is 0 Å². The van der Waals surface area contributed by atoms with E-state index in [0.29, 0.717) is 11.1 Å². The van der Waals surface area contributed by atoms with Crippen molar-refractivity contribution < 1.29 is 22.5 Å². The second-order valence-corrected chi connectivity index (χ2v) is 27.9. The zero-order valence-electron chi connectivity index (χ0n) is 69.3. The number of benzene rings is 20. The summed E-state index contributed by atoms with van der Waals surface area (Å²) < 4.78 is 100.